The number of methoxy groups -OCH3 is 1. The fourth-order valence-electron chi connectivity index (χ4n) is 2.57. The van der Waals surface area contributed by atoms with Crippen LogP contribution in [0, 0.1) is 10.1 Å². The quantitative estimate of drug-likeness (QED) is 0.490. The number of hydrogen-bond acceptors (Lipinski definition) is 5. The van der Waals surface area contributed by atoms with Crippen LogP contribution in [-0.4, -0.2) is 22.9 Å². The van der Waals surface area contributed by atoms with Crippen molar-refractivity contribution in [1.29, 1.82) is 0 Å². The molecule has 2 aromatic carbocycles. The molecule has 1 amide bonds. The van der Waals surface area contributed by atoms with E-state index in [-0.39, 0.29) is 11.6 Å². The van der Waals surface area contributed by atoms with Crippen LogP contribution < -0.4 is 9.64 Å². The first-order chi connectivity index (χ1) is 13.1. The number of nitro benzene ring substituents is 1. The fourth-order valence-corrected chi connectivity index (χ4v) is 2.57. The Balaban J connectivity index is 1.91. The average Bonchev–Trinajstić information content (AvgIpc) is 2.72. The number of pyridine rings is 1. The molecule has 7 nitrogen and oxygen atoms in total. The first-order valence-corrected chi connectivity index (χ1v) is 8.19. The van der Waals surface area contributed by atoms with E-state index < -0.39 is 4.92 Å². The van der Waals surface area contributed by atoms with Crippen LogP contribution in [0.15, 0.2) is 72.9 Å². The number of hydrogen-bond donors (Lipinski definition) is 0. The number of ether oxygens (including phenoxy) is 1. The molecule has 3 rings (SSSR count). The van der Waals surface area contributed by atoms with E-state index in [2.05, 4.69) is 4.98 Å². The number of amides is 1. The summed E-state index contributed by atoms with van der Waals surface area (Å²) in [5.41, 5.74) is 1.18. The smallest absolute Gasteiger partial charge is 0.269 e. The Morgan fingerprint density at radius 3 is 2.33 bits per heavy atom. The Kier molecular flexibility index (Phi) is 5.41. The van der Waals surface area contributed by atoms with Crippen LogP contribution in [0.3, 0.4) is 0 Å². The molecule has 0 atom stereocenters. The van der Waals surface area contributed by atoms with Crippen LogP contribution in [0.2, 0.25) is 0 Å². The SMILES string of the molecule is COc1ccc(CN(C(=O)c2ccc([N+](=O)[O-])cc2)c2ccccn2)cc1. The molecule has 0 aliphatic carbocycles. The molecule has 136 valence electrons. The van der Waals surface area contributed by atoms with Crippen LogP contribution in [0.1, 0.15) is 15.9 Å². The number of non-ortho nitro benzene ring substituents is 1. The van der Waals surface area contributed by atoms with Crippen molar-refractivity contribution < 1.29 is 14.5 Å². The summed E-state index contributed by atoms with van der Waals surface area (Å²) in [6.07, 6.45) is 1.61. The highest BCUT2D eigenvalue weighted by Gasteiger charge is 2.20. The maximum atomic E-state index is 13.0. The Morgan fingerprint density at radius 1 is 1.07 bits per heavy atom. The maximum absolute atomic E-state index is 13.0. The molecule has 0 spiro atoms. The summed E-state index contributed by atoms with van der Waals surface area (Å²) in [4.78, 5) is 29.2. The van der Waals surface area contributed by atoms with Gasteiger partial charge in [-0.3, -0.25) is 19.8 Å². The highest BCUT2D eigenvalue weighted by Crippen LogP contribution is 2.21. The van der Waals surface area contributed by atoms with Crippen molar-refractivity contribution in [2.75, 3.05) is 12.0 Å². The largest absolute Gasteiger partial charge is 0.497 e. The zero-order valence-electron chi connectivity index (χ0n) is 14.6. The van der Waals surface area contributed by atoms with Crippen molar-refractivity contribution in [2.45, 2.75) is 6.54 Å². The molecule has 0 saturated carbocycles. The van der Waals surface area contributed by atoms with Crippen molar-refractivity contribution in [3.63, 3.8) is 0 Å². The molecule has 7 heteroatoms. The maximum Gasteiger partial charge on any atom is 0.269 e. The number of rotatable bonds is 6. The lowest BCUT2D eigenvalue weighted by atomic mass is 10.1. The molecule has 0 bridgehead atoms. The molecule has 0 radical (unpaired) electrons. The van der Waals surface area contributed by atoms with Crippen molar-refractivity contribution in [1.82, 2.24) is 4.98 Å². The number of anilines is 1. The van der Waals surface area contributed by atoms with Crippen LogP contribution in [0.5, 0.6) is 5.75 Å². The summed E-state index contributed by atoms with van der Waals surface area (Å²) in [5.74, 6) is 0.931. The Hall–Kier alpha value is -3.74. The first kappa shape index (κ1) is 18.1. The summed E-state index contributed by atoms with van der Waals surface area (Å²) in [5, 5.41) is 10.8. The molecule has 1 heterocycles. The van der Waals surface area contributed by atoms with Crippen LogP contribution in [0.25, 0.3) is 0 Å². The summed E-state index contributed by atoms with van der Waals surface area (Å²) < 4.78 is 5.16. The van der Waals surface area contributed by atoms with E-state index in [4.69, 9.17) is 4.74 Å². The van der Waals surface area contributed by atoms with Gasteiger partial charge in [-0.25, -0.2) is 4.98 Å². The minimum atomic E-state index is -0.498. The van der Waals surface area contributed by atoms with Gasteiger partial charge in [0.25, 0.3) is 11.6 Å². The number of nitrogens with zero attached hydrogens (tertiary/aromatic N) is 3. The lowest BCUT2D eigenvalue weighted by molar-refractivity contribution is -0.384. The zero-order chi connectivity index (χ0) is 19.2. The van der Waals surface area contributed by atoms with E-state index in [0.29, 0.717) is 17.9 Å². The van der Waals surface area contributed by atoms with Gasteiger partial charge in [0, 0.05) is 23.9 Å². The number of carbonyl (C=O) groups is 1. The molecular formula is C20H17N3O4. The van der Waals surface area contributed by atoms with Crippen molar-refractivity contribution >= 4 is 17.4 Å². The molecule has 3 aromatic rings. The molecule has 0 aliphatic heterocycles. The second-order valence-corrected chi connectivity index (χ2v) is 5.73. The zero-order valence-corrected chi connectivity index (χ0v) is 14.6. The van der Waals surface area contributed by atoms with E-state index in [1.165, 1.54) is 29.2 Å². The van der Waals surface area contributed by atoms with Gasteiger partial charge in [0.2, 0.25) is 0 Å². The second kappa shape index (κ2) is 8.09. The topological polar surface area (TPSA) is 85.6 Å². The Bertz CT molecular complexity index is 926. The van der Waals surface area contributed by atoms with Gasteiger partial charge in [0.1, 0.15) is 11.6 Å². The third-order valence-electron chi connectivity index (χ3n) is 4.00. The predicted molar refractivity (Wildman–Crippen MR) is 101 cm³/mol. The fraction of sp³-hybridized carbons (Fsp3) is 0.100. The molecule has 0 unspecified atom stereocenters. The molecule has 0 aliphatic rings. The van der Waals surface area contributed by atoms with Gasteiger partial charge >= 0.3 is 0 Å². The summed E-state index contributed by atoms with van der Waals surface area (Å²) in [6.45, 7) is 0.302. The second-order valence-electron chi connectivity index (χ2n) is 5.73. The standard InChI is InChI=1S/C20H17N3O4/c1-27-18-11-5-15(6-12-18)14-22(19-4-2-3-13-21-19)20(24)16-7-9-17(10-8-16)23(25)26/h2-13H,14H2,1H3. The van der Waals surface area contributed by atoms with Gasteiger partial charge in [0.05, 0.1) is 18.6 Å². The van der Waals surface area contributed by atoms with Crippen molar-refractivity contribution in [3.8, 4) is 5.75 Å². The van der Waals surface area contributed by atoms with Gasteiger partial charge in [0.15, 0.2) is 0 Å². The lowest BCUT2D eigenvalue weighted by Gasteiger charge is -2.22. The van der Waals surface area contributed by atoms with Crippen molar-refractivity contribution in [3.05, 3.63) is 94.2 Å². The normalized spacial score (nSPS) is 10.3. The molecule has 27 heavy (non-hydrogen) atoms. The molecule has 1 aromatic heterocycles. The lowest BCUT2D eigenvalue weighted by Crippen LogP contribution is -2.31. The van der Waals surface area contributed by atoms with Gasteiger partial charge in [-0.2, -0.15) is 0 Å². The number of carbonyl (C=O) groups excluding carboxylic acids is 1. The number of aromatic nitrogens is 1. The highest BCUT2D eigenvalue weighted by molar-refractivity contribution is 6.05. The summed E-state index contributed by atoms with van der Waals surface area (Å²) in [6, 6.07) is 18.2. The summed E-state index contributed by atoms with van der Waals surface area (Å²) >= 11 is 0. The predicted octanol–water partition coefficient (Wildman–Crippen LogP) is 3.85. The molecule has 0 fully saturated rings. The third kappa shape index (κ3) is 4.27. The van der Waals surface area contributed by atoms with Crippen LogP contribution >= 0.6 is 0 Å². The van der Waals surface area contributed by atoms with Gasteiger partial charge in [-0.15, -0.1) is 0 Å². The Labute approximate surface area is 156 Å². The minimum absolute atomic E-state index is 0.0638. The van der Waals surface area contributed by atoms with E-state index in [0.717, 1.165) is 11.3 Å². The monoisotopic (exact) mass is 363 g/mol. The average molecular weight is 363 g/mol. The van der Waals surface area contributed by atoms with Gasteiger partial charge in [-0.1, -0.05) is 18.2 Å². The Morgan fingerprint density at radius 2 is 1.78 bits per heavy atom. The van der Waals surface area contributed by atoms with Gasteiger partial charge < -0.3 is 4.74 Å². The van der Waals surface area contributed by atoms with E-state index in [1.807, 2.05) is 24.3 Å². The molecule has 0 N–H and O–H groups in total. The molecular weight excluding hydrogens is 346 g/mol. The number of benzene rings is 2. The van der Waals surface area contributed by atoms with Crippen LogP contribution in [0.4, 0.5) is 11.5 Å². The molecule has 0 saturated heterocycles. The van der Waals surface area contributed by atoms with Crippen molar-refractivity contribution in [2.24, 2.45) is 0 Å². The number of nitro groups is 1. The highest BCUT2D eigenvalue weighted by atomic mass is 16.6. The van der Waals surface area contributed by atoms with Gasteiger partial charge in [-0.05, 0) is 42.0 Å². The van der Waals surface area contributed by atoms with E-state index in [1.54, 1.807) is 31.5 Å². The third-order valence-corrected chi connectivity index (χ3v) is 4.00. The van der Waals surface area contributed by atoms with E-state index >= 15 is 0 Å². The first-order valence-electron chi connectivity index (χ1n) is 8.19. The minimum Gasteiger partial charge on any atom is -0.497 e. The summed E-state index contributed by atoms with van der Waals surface area (Å²) in [7, 11) is 1.59. The van der Waals surface area contributed by atoms with E-state index in [9.17, 15) is 14.9 Å². The van der Waals surface area contributed by atoms with Crippen LogP contribution in [-0.2, 0) is 6.54 Å².